The van der Waals surface area contributed by atoms with Crippen molar-refractivity contribution >= 4 is 16.7 Å². The van der Waals surface area contributed by atoms with Crippen LogP contribution >= 0.6 is 0 Å². The maximum Gasteiger partial charge on any atom is 0.460 e. The number of benzene rings is 1. The summed E-state index contributed by atoms with van der Waals surface area (Å²) in [4.78, 5) is 29.3. The van der Waals surface area contributed by atoms with Gasteiger partial charge in [0.05, 0.1) is 24.0 Å². The third-order valence-electron chi connectivity index (χ3n) is 8.04. The first-order valence-electron chi connectivity index (χ1n) is 12.7. The normalized spacial score (nSPS) is 19.2. The van der Waals surface area contributed by atoms with E-state index in [2.05, 4.69) is 4.98 Å². The third kappa shape index (κ3) is 4.02. The van der Waals surface area contributed by atoms with Crippen LogP contribution in [0.2, 0.25) is 0 Å². The van der Waals surface area contributed by atoms with E-state index in [4.69, 9.17) is 0 Å². The average Bonchev–Trinajstić information content (AvgIpc) is 3.66. The highest BCUT2D eigenvalue weighted by Crippen LogP contribution is 2.63. The van der Waals surface area contributed by atoms with Crippen molar-refractivity contribution in [3.63, 3.8) is 0 Å². The van der Waals surface area contributed by atoms with Crippen molar-refractivity contribution in [2.45, 2.75) is 60.2 Å². The molecule has 0 spiro atoms. The van der Waals surface area contributed by atoms with Gasteiger partial charge in [0.2, 0.25) is 5.88 Å². The van der Waals surface area contributed by atoms with Crippen LogP contribution in [0.15, 0.2) is 35.3 Å². The molecule has 1 saturated heterocycles. The predicted molar refractivity (Wildman–Crippen MR) is 126 cm³/mol. The number of amides is 1. The van der Waals surface area contributed by atoms with Crippen molar-refractivity contribution in [2.75, 3.05) is 6.54 Å². The second-order valence-electron chi connectivity index (χ2n) is 10.7. The highest BCUT2D eigenvalue weighted by Gasteiger charge is 2.94. The maximum atomic E-state index is 14.8. The molecule has 0 saturated carbocycles. The van der Waals surface area contributed by atoms with E-state index in [1.807, 2.05) is 0 Å². The Kier molecular flexibility index (Phi) is 7.18. The van der Waals surface area contributed by atoms with Gasteiger partial charge in [0.25, 0.3) is 0 Å². The molecule has 8 nitrogen and oxygen atoms in total. The molecule has 2 aliphatic rings. The molecule has 5 rings (SSSR count). The number of hydrogen-bond acceptors (Lipinski definition) is 5. The highest BCUT2D eigenvalue weighted by atomic mass is 19.4. The van der Waals surface area contributed by atoms with Crippen molar-refractivity contribution in [1.82, 2.24) is 19.0 Å². The molecule has 1 unspecified atom stereocenters. The molecular weight excluding hydrogens is 703 g/mol. The molecule has 2 atom stereocenters. The molecule has 1 aromatic carbocycles. The maximum absolute atomic E-state index is 14.8. The summed E-state index contributed by atoms with van der Waals surface area (Å²) in [6, 6.07) is 3.78. The van der Waals surface area contributed by atoms with Crippen LogP contribution in [0.5, 0.6) is 5.88 Å². The van der Waals surface area contributed by atoms with E-state index in [1.165, 1.54) is 24.3 Å². The monoisotopic (exact) mass is 715 g/mol. The zero-order chi connectivity index (χ0) is 36.4. The molecule has 0 radical (unpaired) electrons. The zero-order valence-corrected chi connectivity index (χ0v) is 22.6. The van der Waals surface area contributed by atoms with Gasteiger partial charge in [-0.25, -0.2) is 14.3 Å². The van der Waals surface area contributed by atoms with E-state index in [1.54, 1.807) is 6.07 Å². The lowest BCUT2D eigenvalue weighted by atomic mass is 9.90. The number of aromatic nitrogens is 3. The molecule has 1 N–H and O–H groups in total. The minimum atomic E-state index is -8.57. The quantitative estimate of drug-likeness (QED) is 0.304. The Hall–Kier alpha value is -4.65. The lowest BCUT2D eigenvalue weighted by Crippen LogP contribution is -2.74. The summed E-state index contributed by atoms with van der Waals surface area (Å²) >= 11 is 0. The van der Waals surface area contributed by atoms with Gasteiger partial charge in [0.15, 0.2) is 0 Å². The summed E-state index contributed by atoms with van der Waals surface area (Å²) in [7, 11) is 0. The first kappa shape index (κ1) is 34.7. The number of rotatable bonds is 7. The number of fused-ring (bicyclic) bond motifs is 6. The fraction of sp³-hybridized carbons (Fsp3) is 0.440. The van der Waals surface area contributed by atoms with Gasteiger partial charge in [-0.05, 0) is 6.42 Å². The number of alkyl halides is 15. The Bertz CT molecular complexity index is 1940. The van der Waals surface area contributed by atoms with Gasteiger partial charge in [0.1, 0.15) is 17.5 Å². The van der Waals surface area contributed by atoms with Crippen molar-refractivity contribution < 1.29 is 75.8 Å². The molecule has 2 bridgehead atoms. The summed E-state index contributed by atoms with van der Waals surface area (Å²) in [6.07, 6.45) is -7.52. The Balaban J connectivity index is 1.54. The Morgan fingerprint density at radius 1 is 0.833 bits per heavy atom. The summed E-state index contributed by atoms with van der Waals surface area (Å²) in [5.41, 5.74) is -2.35. The molecule has 260 valence electrons. The molecular formula is C25H12F15N5O3. The SMILES string of the molecule is N#Cc1ncc(-n2c(O)c3n(c2=O)[C@@H]2CC3N(C(=O)C(F)(F)C(F)(F)C(F)(F)C(F)(F)C(F)(F)C(F)(F)C(F)(F)F)C2)c2ccccc12. The third-order valence-corrected chi connectivity index (χ3v) is 8.04. The van der Waals surface area contributed by atoms with Crippen molar-refractivity contribution in [3.05, 3.63) is 52.3 Å². The van der Waals surface area contributed by atoms with Gasteiger partial charge >= 0.3 is 53.3 Å². The number of likely N-dealkylation sites (tertiary alicyclic amines) is 1. The number of carbonyl (C=O) groups excluding carboxylic acids is 1. The van der Waals surface area contributed by atoms with Crippen LogP contribution in [-0.2, 0) is 4.79 Å². The van der Waals surface area contributed by atoms with Crippen LogP contribution < -0.4 is 5.69 Å². The molecule has 4 heterocycles. The first-order chi connectivity index (χ1) is 21.7. The predicted octanol–water partition coefficient (Wildman–Crippen LogP) is 5.97. The van der Waals surface area contributed by atoms with Crippen LogP contribution in [0.4, 0.5) is 65.9 Å². The van der Waals surface area contributed by atoms with Gasteiger partial charge < -0.3 is 10.0 Å². The van der Waals surface area contributed by atoms with Gasteiger partial charge in [-0.15, -0.1) is 0 Å². The number of pyridine rings is 1. The highest BCUT2D eigenvalue weighted by molar-refractivity contribution is 5.93. The molecule has 2 aliphatic heterocycles. The van der Waals surface area contributed by atoms with E-state index in [0.717, 1.165) is 6.20 Å². The largest absolute Gasteiger partial charge is 0.493 e. The molecule has 2 aromatic heterocycles. The number of carbonyl (C=O) groups is 1. The van der Waals surface area contributed by atoms with E-state index in [9.17, 15) is 85.8 Å². The average molecular weight is 715 g/mol. The van der Waals surface area contributed by atoms with E-state index in [-0.39, 0.29) is 22.2 Å². The van der Waals surface area contributed by atoms with Gasteiger partial charge in [-0.1, -0.05) is 24.3 Å². The Labute approximate surface area is 254 Å². The summed E-state index contributed by atoms with van der Waals surface area (Å²) in [5.74, 6) is -53.6. The van der Waals surface area contributed by atoms with E-state index >= 15 is 0 Å². The second-order valence-corrected chi connectivity index (χ2v) is 10.7. The summed E-state index contributed by atoms with van der Waals surface area (Å²) < 4.78 is 206. The number of aromatic hydroxyl groups is 1. The van der Waals surface area contributed by atoms with Gasteiger partial charge in [-0.2, -0.15) is 71.1 Å². The molecule has 3 aromatic rings. The van der Waals surface area contributed by atoms with Crippen LogP contribution in [0.1, 0.15) is 29.9 Å². The fourth-order valence-electron chi connectivity index (χ4n) is 5.61. The molecule has 48 heavy (non-hydrogen) atoms. The molecule has 1 amide bonds. The minimum Gasteiger partial charge on any atom is -0.493 e. The van der Waals surface area contributed by atoms with Crippen molar-refractivity contribution in [2.24, 2.45) is 0 Å². The van der Waals surface area contributed by atoms with Crippen LogP contribution in [0.25, 0.3) is 16.5 Å². The topological polar surface area (TPSA) is 104 Å². The number of halogens is 15. The first-order valence-corrected chi connectivity index (χ1v) is 12.7. The number of nitrogens with zero attached hydrogens (tertiary/aromatic N) is 5. The van der Waals surface area contributed by atoms with Crippen molar-refractivity contribution in [3.8, 4) is 17.6 Å². The standard InChI is InChI=1S/C25H12F15N5O3/c26-19(27,20(28,29)21(30,31)22(32,33)23(34,35)24(36,37)25(38,39)40)17(47)43-8-9-5-13(43)15-16(46)45(18(48)44(9)15)14-7-42-12(6-41)10-3-1-2-4-11(10)14/h1-4,7,9,13,46H,5,8H2/t9-,13?/m1/s1. The number of imidazole rings is 1. The smallest absolute Gasteiger partial charge is 0.460 e. The Morgan fingerprint density at radius 2 is 1.35 bits per heavy atom. The van der Waals surface area contributed by atoms with Crippen LogP contribution in [-0.4, -0.2) is 78.3 Å². The Morgan fingerprint density at radius 3 is 1.90 bits per heavy atom. The second kappa shape index (κ2) is 9.94. The fourth-order valence-corrected chi connectivity index (χ4v) is 5.61. The van der Waals surface area contributed by atoms with Crippen LogP contribution in [0, 0.1) is 11.3 Å². The van der Waals surface area contributed by atoms with E-state index in [0.29, 0.717) is 9.13 Å². The molecule has 1 fully saturated rings. The van der Waals surface area contributed by atoms with Gasteiger partial charge in [-0.3, -0.25) is 9.36 Å². The van der Waals surface area contributed by atoms with E-state index < -0.39 is 94.8 Å². The minimum absolute atomic E-state index is 0.0910. The summed E-state index contributed by atoms with van der Waals surface area (Å²) in [6.45, 7) is -1.25. The van der Waals surface area contributed by atoms with Gasteiger partial charge in [0, 0.05) is 17.3 Å². The van der Waals surface area contributed by atoms with Crippen molar-refractivity contribution in [1.29, 1.82) is 5.26 Å². The zero-order valence-electron chi connectivity index (χ0n) is 22.6. The summed E-state index contributed by atoms with van der Waals surface area (Å²) in [5, 5.41) is 20.5. The molecule has 23 heteroatoms. The lowest BCUT2D eigenvalue weighted by molar-refractivity contribution is -0.450. The lowest BCUT2D eigenvalue weighted by Gasteiger charge is -2.42. The molecule has 0 aliphatic carbocycles. The number of nitriles is 1. The number of hydrogen-bond donors (Lipinski definition) is 1. The van der Waals surface area contributed by atoms with Crippen LogP contribution in [0.3, 0.4) is 0 Å².